The SMILES string of the molecule is CN(c1ccccc1)S(=O)(=O)c1ccccc1/C=[N+](\[O-])Cc1ccccc1. The summed E-state index contributed by atoms with van der Waals surface area (Å²) in [5.41, 5.74) is 1.76. The third-order valence-corrected chi connectivity index (χ3v) is 6.00. The zero-order valence-electron chi connectivity index (χ0n) is 14.9. The van der Waals surface area contributed by atoms with Crippen LogP contribution in [0.25, 0.3) is 0 Å². The van der Waals surface area contributed by atoms with Gasteiger partial charge in [0.05, 0.1) is 11.3 Å². The van der Waals surface area contributed by atoms with Crippen LogP contribution in [0.5, 0.6) is 0 Å². The van der Waals surface area contributed by atoms with Gasteiger partial charge in [-0.05, 0) is 24.3 Å². The number of nitrogens with zero attached hydrogens (tertiary/aromatic N) is 2. The van der Waals surface area contributed by atoms with E-state index in [-0.39, 0.29) is 11.4 Å². The van der Waals surface area contributed by atoms with Gasteiger partial charge in [0, 0.05) is 12.6 Å². The topological polar surface area (TPSA) is 63.5 Å². The van der Waals surface area contributed by atoms with Crippen LogP contribution in [0, 0.1) is 5.21 Å². The number of benzene rings is 3. The minimum absolute atomic E-state index is 0.0882. The van der Waals surface area contributed by atoms with Crippen molar-refractivity contribution in [3.05, 3.63) is 101 Å². The van der Waals surface area contributed by atoms with Gasteiger partial charge >= 0.3 is 0 Å². The fourth-order valence-corrected chi connectivity index (χ4v) is 4.07. The molecule has 0 aliphatic carbocycles. The summed E-state index contributed by atoms with van der Waals surface area (Å²) < 4.78 is 28.1. The van der Waals surface area contributed by atoms with Crippen LogP contribution < -0.4 is 4.31 Å². The van der Waals surface area contributed by atoms with Gasteiger partial charge in [-0.3, -0.25) is 4.31 Å². The zero-order chi connectivity index (χ0) is 19.3. The van der Waals surface area contributed by atoms with Crippen molar-refractivity contribution >= 4 is 21.9 Å². The van der Waals surface area contributed by atoms with Gasteiger partial charge in [0.1, 0.15) is 4.90 Å². The van der Waals surface area contributed by atoms with Gasteiger partial charge in [-0.15, -0.1) is 0 Å². The summed E-state index contributed by atoms with van der Waals surface area (Å²) >= 11 is 0. The molecule has 0 N–H and O–H groups in total. The first-order valence-corrected chi connectivity index (χ1v) is 9.88. The minimum Gasteiger partial charge on any atom is -0.624 e. The number of rotatable bonds is 6. The third kappa shape index (κ3) is 4.35. The summed E-state index contributed by atoms with van der Waals surface area (Å²) in [7, 11) is -2.30. The molecule has 0 saturated heterocycles. The van der Waals surface area contributed by atoms with Crippen LogP contribution >= 0.6 is 0 Å². The number of hydrogen-bond donors (Lipinski definition) is 0. The first-order chi connectivity index (χ1) is 13.0. The van der Waals surface area contributed by atoms with Crippen molar-refractivity contribution < 1.29 is 13.2 Å². The Balaban J connectivity index is 1.95. The molecule has 27 heavy (non-hydrogen) atoms. The molecule has 0 radical (unpaired) electrons. The highest BCUT2D eigenvalue weighted by Gasteiger charge is 2.24. The van der Waals surface area contributed by atoms with E-state index >= 15 is 0 Å². The van der Waals surface area contributed by atoms with Crippen LogP contribution in [-0.2, 0) is 16.6 Å². The molecule has 138 valence electrons. The summed E-state index contributed by atoms with van der Waals surface area (Å²) in [4.78, 5) is 0.0882. The van der Waals surface area contributed by atoms with Crippen molar-refractivity contribution in [2.45, 2.75) is 11.4 Å². The minimum atomic E-state index is -3.80. The molecule has 0 amide bonds. The van der Waals surface area contributed by atoms with Crippen LogP contribution in [0.15, 0.2) is 89.8 Å². The van der Waals surface area contributed by atoms with E-state index in [1.54, 1.807) is 42.5 Å². The Labute approximate surface area is 159 Å². The summed E-state index contributed by atoms with van der Waals surface area (Å²) in [5.74, 6) is 0. The van der Waals surface area contributed by atoms with E-state index in [2.05, 4.69) is 0 Å². The van der Waals surface area contributed by atoms with E-state index in [1.165, 1.54) is 23.6 Å². The predicted octanol–water partition coefficient (Wildman–Crippen LogP) is 3.64. The fourth-order valence-electron chi connectivity index (χ4n) is 2.71. The van der Waals surface area contributed by atoms with E-state index in [4.69, 9.17) is 0 Å². The summed E-state index contributed by atoms with van der Waals surface area (Å²) in [6.07, 6.45) is 1.32. The summed E-state index contributed by atoms with van der Waals surface area (Å²) in [6, 6.07) is 24.6. The normalized spacial score (nSPS) is 12.0. The molecule has 0 bridgehead atoms. The lowest BCUT2D eigenvalue weighted by molar-refractivity contribution is -0.469. The van der Waals surface area contributed by atoms with Gasteiger partial charge in [-0.25, -0.2) is 13.2 Å². The monoisotopic (exact) mass is 380 g/mol. The second-order valence-corrected chi connectivity index (χ2v) is 7.97. The molecule has 5 nitrogen and oxygen atoms in total. The van der Waals surface area contributed by atoms with Crippen LogP contribution in [0.1, 0.15) is 11.1 Å². The second-order valence-electron chi connectivity index (χ2n) is 6.04. The van der Waals surface area contributed by atoms with Crippen molar-refractivity contribution in [2.24, 2.45) is 0 Å². The Hall–Kier alpha value is -3.12. The average Bonchev–Trinajstić information content (AvgIpc) is 2.69. The Morgan fingerprint density at radius 1 is 0.889 bits per heavy atom. The summed E-state index contributed by atoms with van der Waals surface area (Å²) in [6.45, 7) is 0.143. The third-order valence-electron chi connectivity index (χ3n) is 4.14. The molecule has 3 aromatic carbocycles. The van der Waals surface area contributed by atoms with Gasteiger partial charge in [0.25, 0.3) is 10.0 Å². The number of hydrogen-bond acceptors (Lipinski definition) is 3. The molecule has 0 atom stereocenters. The van der Waals surface area contributed by atoms with E-state index in [0.29, 0.717) is 11.3 Å². The van der Waals surface area contributed by atoms with Crippen LogP contribution in [-0.4, -0.2) is 26.4 Å². The number of sulfonamides is 1. The van der Waals surface area contributed by atoms with E-state index in [9.17, 15) is 13.6 Å². The highest BCUT2D eigenvalue weighted by Crippen LogP contribution is 2.23. The largest absolute Gasteiger partial charge is 0.624 e. The van der Waals surface area contributed by atoms with E-state index in [0.717, 1.165) is 10.3 Å². The molecule has 0 aliphatic rings. The smallest absolute Gasteiger partial charge is 0.264 e. The lowest BCUT2D eigenvalue weighted by Gasteiger charge is -2.20. The van der Waals surface area contributed by atoms with Crippen molar-refractivity contribution in [1.82, 2.24) is 0 Å². The highest BCUT2D eigenvalue weighted by atomic mass is 32.2. The van der Waals surface area contributed by atoms with Gasteiger partial charge in [-0.1, -0.05) is 60.7 Å². The fraction of sp³-hybridized carbons (Fsp3) is 0.0952. The molecule has 0 aliphatic heterocycles. The van der Waals surface area contributed by atoms with Crippen molar-refractivity contribution in [3.63, 3.8) is 0 Å². The standard InChI is InChI=1S/C21H20N2O3S/c1-22(20-13-6-3-7-14-20)27(25,26)21-15-9-8-12-19(21)17-23(24)16-18-10-4-2-5-11-18/h2-15,17H,16H2,1H3/b23-17-. The lowest BCUT2D eigenvalue weighted by Crippen LogP contribution is -2.27. The van der Waals surface area contributed by atoms with Crippen LogP contribution in [0.4, 0.5) is 5.69 Å². The molecule has 0 heterocycles. The molecular formula is C21H20N2O3S. The van der Waals surface area contributed by atoms with Crippen molar-refractivity contribution in [1.29, 1.82) is 0 Å². The second kappa shape index (κ2) is 8.05. The molecular weight excluding hydrogens is 360 g/mol. The highest BCUT2D eigenvalue weighted by molar-refractivity contribution is 7.92. The quantitative estimate of drug-likeness (QED) is 0.284. The Morgan fingerprint density at radius 3 is 2.11 bits per heavy atom. The molecule has 3 rings (SSSR count). The molecule has 0 fully saturated rings. The molecule has 0 spiro atoms. The summed E-state index contributed by atoms with van der Waals surface area (Å²) in [5, 5.41) is 12.4. The lowest BCUT2D eigenvalue weighted by atomic mass is 10.2. The van der Waals surface area contributed by atoms with Gasteiger partial charge in [0.2, 0.25) is 0 Å². The maximum absolute atomic E-state index is 13.1. The first kappa shape index (κ1) is 18.7. The van der Waals surface area contributed by atoms with E-state index in [1.807, 2.05) is 36.4 Å². The Morgan fingerprint density at radius 2 is 1.44 bits per heavy atom. The number of anilines is 1. The zero-order valence-corrected chi connectivity index (χ0v) is 15.7. The van der Waals surface area contributed by atoms with Crippen molar-refractivity contribution in [2.75, 3.05) is 11.4 Å². The van der Waals surface area contributed by atoms with E-state index < -0.39 is 10.0 Å². The van der Waals surface area contributed by atoms with Gasteiger partial charge in [0.15, 0.2) is 12.8 Å². The molecule has 0 saturated carbocycles. The van der Waals surface area contributed by atoms with Gasteiger partial charge in [-0.2, -0.15) is 0 Å². The van der Waals surface area contributed by atoms with Crippen LogP contribution in [0.2, 0.25) is 0 Å². The molecule has 0 aromatic heterocycles. The Kier molecular flexibility index (Phi) is 5.57. The van der Waals surface area contributed by atoms with Crippen LogP contribution in [0.3, 0.4) is 0 Å². The molecule has 6 heteroatoms. The predicted molar refractivity (Wildman–Crippen MR) is 107 cm³/mol. The first-order valence-electron chi connectivity index (χ1n) is 8.44. The Bertz CT molecular complexity index is 1030. The molecule has 3 aromatic rings. The number of hydroxylamine groups is 1. The molecule has 0 unspecified atom stereocenters. The average molecular weight is 380 g/mol. The van der Waals surface area contributed by atoms with Gasteiger partial charge < -0.3 is 5.21 Å². The maximum Gasteiger partial charge on any atom is 0.264 e. The maximum atomic E-state index is 13.1. The number of para-hydroxylation sites is 1. The van der Waals surface area contributed by atoms with Crippen molar-refractivity contribution in [3.8, 4) is 0 Å².